The van der Waals surface area contributed by atoms with Crippen LogP contribution in [0.15, 0.2) is 0 Å². The Morgan fingerprint density at radius 2 is 1.87 bits per heavy atom. The summed E-state index contributed by atoms with van der Waals surface area (Å²) in [7, 11) is 1.98. The molecule has 0 radical (unpaired) electrons. The Labute approximate surface area is 134 Å². The van der Waals surface area contributed by atoms with E-state index in [4.69, 9.17) is 0 Å². The molecule has 1 saturated heterocycles. The van der Waals surface area contributed by atoms with Crippen molar-refractivity contribution < 1.29 is 13.2 Å². The summed E-state index contributed by atoms with van der Waals surface area (Å²) in [6.45, 7) is 5.22. The standard InChI is InChI=1S/C15H24F3N5/c1-14(2)9-22(10-15(16,17)18)6-7-23(14)8-12-19-20-13(21(12)3)11-4-5-11/h11H,4-10H2,1-3H3. The normalized spacial score (nSPS) is 23.4. The fourth-order valence-electron chi connectivity index (χ4n) is 3.35. The van der Waals surface area contributed by atoms with Crippen molar-refractivity contribution in [2.45, 2.75) is 50.9 Å². The summed E-state index contributed by atoms with van der Waals surface area (Å²) >= 11 is 0. The first-order chi connectivity index (χ1) is 10.7. The smallest absolute Gasteiger partial charge is 0.317 e. The van der Waals surface area contributed by atoms with Gasteiger partial charge < -0.3 is 4.57 Å². The Morgan fingerprint density at radius 1 is 1.17 bits per heavy atom. The highest BCUT2D eigenvalue weighted by Crippen LogP contribution is 2.39. The lowest BCUT2D eigenvalue weighted by molar-refractivity contribution is -0.155. The molecule has 3 rings (SSSR count). The quantitative estimate of drug-likeness (QED) is 0.847. The zero-order chi connectivity index (χ0) is 16.8. The maximum atomic E-state index is 12.6. The van der Waals surface area contributed by atoms with Gasteiger partial charge in [-0.1, -0.05) is 0 Å². The molecule has 2 aliphatic rings. The molecule has 8 heteroatoms. The molecule has 5 nitrogen and oxygen atoms in total. The lowest BCUT2D eigenvalue weighted by Gasteiger charge is -2.47. The van der Waals surface area contributed by atoms with Crippen LogP contribution in [-0.4, -0.2) is 62.5 Å². The zero-order valence-electron chi connectivity index (χ0n) is 13.9. The molecule has 1 saturated carbocycles. The van der Waals surface area contributed by atoms with E-state index in [1.165, 1.54) is 17.7 Å². The largest absolute Gasteiger partial charge is 0.401 e. The highest BCUT2D eigenvalue weighted by atomic mass is 19.4. The third-order valence-electron chi connectivity index (χ3n) is 4.83. The van der Waals surface area contributed by atoms with E-state index >= 15 is 0 Å². The Hall–Kier alpha value is -1.15. The first-order valence-electron chi connectivity index (χ1n) is 8.08. The van der Waals surface area contributed by atoms with Crippen LogP contribution in [-0.2, 0) is 13.6 Å². The number of aromatic nitrogens is 3. The highest BCUT2D eigenvalue weighted by molar-refractivity contribution is 5.08. The van der Waals surface area contributed by atoms with Crippen LogP contribution in [0, 0.1) is 0 Å². The third kappa shape index (κ3) is 3.85. The van der Waals surface area contributed by atoms with Crippen LogP contribution in [0.4, 0.5) is 13.2 Å². The van der Waals surface area contributed by atoms with Crippen LogP contribution < -0.4 is 0 Å². The van der Waals surface area contributed by atoms with Crippen molar-refractivity contribution in [2.24, 2.45) is 7.05 Å². The van der Waals surface area contributed by atoms with Crippen LogP contribution >= 0.6 is 0 Å². The van der Waals surface area contributed by atoms with E-state index in [9.17, 15) is 13.2 Å². The van der Waals surface area contributed by atoms with Gasteiger partial charge in [-0.05, 0) is 26.7 Å². The number of piperazine rings is 1. The Morgan fingerprint density at radius 3 is 2.43 bits per heavy atom. The monoisotopic (exact) mass is 331 g/mol. The second-order valence-electron chi connectivity index (χ2n) is 7.37. The molecule has 0 N–H and O–H groups in total. The van der Waals surface area contributed by atoms with Crippen molar-refractivity contribution in [3.8, 4) is 0 Å². The summed E-state index contributed by atoms with van der Waals surface area (Å²) in [5.74, 6) is 2.47. The lowest BCUT2D eigenvalue weighted by atomic mass is 9.98. The lowest BCUT2D eigenvalue weighted by Crippen LogP contribution is -2.60. The fraction of sp³-hybridized carbons (Fsp3) is 0.867. The number of nitrogens with zero attached hydrogens (tertiary/aromatic N) is 5. The van der Waals surface area contributed by atoms with Gasteiger partial charge in [-0.15, -0.1) is 10.2 Å². The average molecular weight is 331 g/mol. The predicted molar refractivity (Wildman–Crippen MR) is 80.0 cm³/mol. The van der Waals surface area contributed by atoms with Crippen molar-refractivity contribution in [3.63, 3.8) is 0 Å². The third-order valence-corrected chi connectivity index (χ3v) is 4.83. The average Bonchev–Trinajstić information content (AvgIpc) is 3.16. The molecule has 0 bridgehead atoms. The Balaban J connectivity index is 1.65. The minimum absolute atomic E-state index is 0.324. The maximum Gasteiger partial charge on any atom is 0.401 e. The van der Waals surface area contributed by atoms with Crippen molar-refractivity contribution in [1.29, 1.82) is 0 Å². The Kier molecular flexibility index (Phi) is 4.16. The zero-order valence-corrected chi connectivity index (χ0v) is 13.9. The molecule has 0 spiro atoms. The molecule has 0 amide bonds. The number of halogens is 3. The molecule has 1 aromatic heterocycles. The molecule has 0 unspecified atom stereocenters. The van der Waals surface area contributed by atoms with Crippen molar-refractivity contribution in [3.05, 3.63) is 11.6 Å². The number of hydrogen-bond donors (Lipinski definition) is 0. The van der Waals surface area contributed by atoms with Gasteiger partial charge in [0.25, 0.3) is 0 Å². The summed E-state index contributed by atoms with van der Waals surface area (Å²) in [6, 6.07) is 0. The van der Waals surface area contributed by atoms with Gasteiger partial charge in [0.05, 0.1) is 13.1 Å². The van der Waals surface area contributed by atoms with Crippen LogP contribution in [0.3, 0.4) is 0 Å². The predicted octanol–water partition coefficient (Wildman–Crippen LogP) is 2.15. The van der Waals surface area contributed by atoms with E-state index < -0.39 is 12.7 Å². The minimum atomic E-state index is -4.14. The van der Waals surface area contributed by atoms with Crippen molar-refractivity contribution in [1.82, 2.24) is 24.6 Å². The molecular formula is C15H24F3N5. The van der Waals surface area contributed by atoms with Gasteiger partial charge in [0.2, 0.25) is 0 Å². The van der Waals surface area contributed by atoms with E-state index in [0.29, 0.717) is 32.1 Å². The van der Waals surface area contributed by atoms with E-state index in [2.05, 4.69) is 19.7 Å². The van der Waals surface area contributed by atoms with Gasteiger partial charge in [0.1, 0.15) is 11.6 Å². The van der Waals surface area contributed by atoms with Gasteiger partial charge >= 0.3 is 6.18 Å². The van der Waals surface area contributed by atoms with Gasteiger partial charge in [0, 0.05) is 38.1 Å². The minimum Gasteiger partial charge on any atom is -0.317 e. The number of rotatable bonds is 4. The molecular weight excluding hydrogens is 307 g/mol. The SMILES string of the molecule is Cn1c(CN2CCN(CC(F)(F)F)CC2(C)C)nnc1C1CC1. The van der Waals surface area contributed by atoms with E-state index in [-0.39, 0.29) is 5.54 Å². The summed E-state index contributed by atoms with van der Waals surface area (Å²) in [6.07, 6.45) is -1.79. The van der Waals surface area contributed by atoms with E-state index in [1.54, 1.807) is 0 Å². The van der Waals surface area contributed by atoms with Crippen LogP contribution in [0.5, 0.6) is 0 Å². The highest BCUT2D eigenvalue weighted by Gasteiger charge is 2.39. The molecule has 0 atom stereocenters. The fourth-order valence-corrected chi connectivity index (χ4v) is 3.35. The van der Waals surface area contributed by atoms with Crippen LogP contribution in [0.2, 0.25) is 0 Å². The number of alkyl halides is 3. The first kappa shape index (κ1) is 16.7. The number of hydrogen-bond acceptors (Lipinski definition) is 4. The van der Waals surface area contributed by atoms with E-state index in [0.717, 1.165) is 11.6 Å². The van der Waals surface area contributed by atoms with Crippen molar-refractivity contribution >= 4 is 0 Å². The van der Waals surface area contributed by atoms with E-state index in [1.807, 2.05) is 20.9 Å². The molecule has 0 aromatic carbocycles. The maximum absolute atomic E-state index is 12.6. The summed E-state index contributed by atoms with van der Waals surface area (Å²) in [5, 5.41) is 8.57. The molecule has 130 valence electrons. The topological polar surface area (TPSA) is 37.2 Å². The molecule has 1 aliphatic carbocycles. The van der Waals surface area contributed by atoms with Gasteiger partial charge in [-0.3, -0.25) is 9.80 Å². The van der Waals surface area contributed by atoms with Gasteiger partial charge in [0.15, 0.2) is 0 Å². The molecule has 1 aliphatic heterocycles. The summed E-state index contributed by atoms with van der Waals surface area (Å²) in [5.41, 5.74) is -0.324. The van der Waals surface area contributed by atoms with Crippen LogP contribution in [0.1, 0.15) is 44.3 Å². The summed E-state index contributed by atoms with van der Waals surface area (Å²) in [4.78, 5) is 3.70. The van der Waals surface area contributed by atoms with Crippen LogP contribution in [0.25, 0.3) is 0 Å². The second-order valence-corrected chi connectivity index (χ2v) is 7.37. The molecule has 23 heavy (non-hydrogen) atoms. The summed E-state index contributed by atoms with van der Waals surface area (Å²) < 4.78 is 39.8. The molecule has 1 aromatic rings. The molecule has 2 heterocycles. The van der Waals surface area contributed by atoms with Gasteiger partial charge in [-0.2, -0.15) is 13.2 Å². The Bertz CT molecular complexity index is 562. The molecule has 2 fully saturated rings. The second kappa shape index (κ2) is 5.73. The van der Waals surface area contributed by atoms with Crippen molar-refractivity contribution in [2.75, 3.05) is 26.2 Å². The first-order valence-corrected chi connectivity index (χ1v) is 8.08. The van der Waals surface area contributed by atoms with Gasteiger partial charge in [-0.25, -0.2) is 0 Å².